The van der Waals surface area contributed by atoms with Gasteiger partial charge in [0.15, 0.2) is 0 Å². The molecule has 1 N–H and O–H groups in total. The lowest BCUT2D eigenvalue weighted by molar-refractivity contribution is -0.127. The minimum Gasteiger partial charge on any atom is -0.356 e. The molecule has 0 bridgehead atoms. The molecule has 0 aromatic carbocycles. The van der Waals surface area contributed by atoms with E-state index < -0.39 is 0 Å². The number of nitrogens with one attached hydrogen (secondary N) is 1. The average Bonchev–Trinajstić information content (AvgIpc) is 2.84. The SMILES string of the molecule is CC(C)CCCCNC(=O)CCCC(=O)N1CCCC1=S. The predicted molar refractivity (Wildman–Crippen MR) is 89.1 cm³/mol. The highest BCUT2D eigenvalue weighted by atomic mass is 32.1. The summed E-state index contributed by atoms with van der Waals surface area (Å²) >= 11 is 5.14. The van der Waals surface area contributed by atoms with Crippen molar-refractivity contribution in [3.8, 4) is 0 Å². The highest BCUT2D eigenvalue weighted by Crippen LogP contribution is 2.14. The molecule has 1 rings (SSSR count). The second kappa shape index (κ2) is 9.87. The third-order valence-electron chi connectivity index (χ3n) is 3.70. The van der Waals surface area contributed by atoms with Gasteiger partial charge in [-0.1, -0.05) is 38.9 Å². The van der Waals surface area contributed by atoms with Gasteiger partial charge in [-0.3, -0.25) is 9.59 Å². The van der Waals surface area contributed by atoms with Gasteiger partial charge in [0, 0.05) is 32.4 Å². The molecule has 0 radical (unpaired) electrons. The first-order chi connectivity index (χ1) is 10.0. The molecule has 0 aromatic heterocycles. The first-order valence-corrected chi connectivity index (χ1v) is 8.51. The molecule has 1 saturated heterocycles. The van der Waals surface area contributed by atoms with Crippen LogP contribution in [0, 0.1) is 5.92 Å². The van der Waals surface area contributed by atoms with Crippen LogP contribution < -0.4 is 5.32 Å². The fourth-order valence-corrected chi connectivity index (χ4v) is 2.78. The summed E-state index contributed by atoms with van der Waals surface area (Å²) in [4.78, 5) is 26.0. The Morgan fingerprint density at radius 2 is 2.00 bits per heavy atom. The molecule has 0 unspecified atom stereocenters. The molecule has 120 valence electrons. The van der Waals surface area contributed by atoms with Crippen LogP contribution >= 0.6 is 12.2 Å². The van der Waals surface area contributed by atoms with Gasteiger partial charge in [-0.25, -0.2) is 0 Å². The minimum absolute atomic E-state index is 0.0522. The summed E-state index contributed by atoms with van der Waals surface area (Å²) < 4.78 is 0. The number of hydrogen-bond donors (Lipinski definition) is 1. The summed E-state index contributed by atoms with van der Waals surface area (Å²) in [5.74, 6) is 0.849. The summed E-state index contributed by atoms with van der Waals surface area (Å²) in [6.45, 7) is 5.92. The summed E-state index contributed by atoms with van der Waals surface area (Å²) in [6, 6.07) is 0. The lowest BCUT2D eigenvalue weighted by Crippen LogP contribution is -2.31. The van der Waals surface area contributed by atoms with Crippen LogP contribution in [0.4, 0.5) is 0 Å². The van der Waals surface area contributed by atoms with E-state index in [1.807, 2.05) is 0 Å². The zero-order valence-electron chi connectivity index (χ0n) is 13.3. The number of carbonyl (C=O) groups excluding carboxylic acids is 2. The van der Waals surface area contributed by atoms with Crippen molar-refractivity contribution in [2.45, 2.75) is 65.2 Å². The first kappa shape index (κ1) is 18.1. The fourth-order valence-electron chi connectivity index (χ4n) is 2.44. The summed E-state index contributed by atoms with van der Waals surface area (Å²) in [5.41, 5.74) is 0. The van der Waals surface area contributed by atoms with Crippen LogP contribution in [0.5, 0.6) is 0 Å². The van der Waals surface area contributed by atoms with Gasteiger partial charge in [0.2, 0.25) is 11.8 Å². The van der Waals surface area contributed by atoms with Crippen molar-refractivity contribution in [3.05, 3.63) is 0 Å². The molecule has 1 heterocycles. The van der Waals surface area contributed by atoms with Crippen molar-refractivity contribution in [2.24, 2.45) is 5.92 Å². The smallest absolute Gasteiger partial charge is 0.227 e. The Bertz CT molecular complexity index is 369. The zero-order chi connectivity index (χ0) is 15.7. The van der Waals surface area contributed by atoms with Gasteiger partial charge >= 0.3 is 0 Å². The first-order valence-electron chi connectivity index (χ1n) is 8.10. The third kappa shape index (κ3) is 7.55. The van der Waals surface area contributed by atoms with Crippen molar-refractivity contribution in [1.29, 1.82) is 0 Å². The number of likely N-dealkylation sites (tertiary alicyclic amines) is 1. The molecule has 1 aliphatic rings. The van der Waals surface area contributed by atoms with Crippen LogP contribution in [-0.4, -0.2) is 34.8 Å². The van der Waals surface area contributed by atoms with E-state index in [-0.39, 0.29) is 11.8 Å². The molecule has 0 aromatic rings. The van der Waals surface area contributed by atoms with E-state index in [2.05, 4.69) is 19.2 Å². The van der Waals surface area contributed by atoms with Crippen LogP contribution in [-0.2, 0) is 9.59 Å². The Hall–Kier alpha value is -0.970. The van der Waals surface area contributed by atoms with Crippen LogP contribution in [0.3, 0.4) is 0 Å². The molecule has 1 fully saturated rings. The van der Waals surface area contributed by atoms with E-state index in [9.17, 15) is 9.59 Å². The Morgan fingerprint density at radius 1 is 1.24 bits per heavy atom. The average molecular weight is 312 g/mol. The van der Waals surface area contributed by atoms with Crippen molar-refractivity contribution < 1.29 is 9.59 Å². The van der Waals surface area contributed by atoms with Gasteiger partial charge in [0.05, 0.1) is 4.99 Å². The quantitative estimate of drug-likeness (QED) is 0.526. The maximum atomic E-state index is 11.9. The lowest BCUT2D eigenvalue weighted by atomic mass is 10.1. The maximum absolute atomic E-state index is 11.9. The van der Waals surface area contributed by atoms with Gasteiger partial charge in [-0.15, -0.1) is 0 Å². The summed E-state index contributed by atoms with van der Waals surface area (Å²) in [6.07, 6.45) is 6.67. The monoisotopic (exact) mass is 312 g/mol. The van der Waals surface area contributed by atoms with Crippen LogP contribution in [0.1, 0.15) is 65.2 Å². The van der Waals surface area contributed by atoms with Gasteiger partial charge in [0.25, 0.3) is 0 Å². The maximum Gasteiger partial charge on any atom is 0.227 e. The zero-order valence-corrected chi connectivity index (χ0v) is 14.1. The molecule has 5 heteroatoms. The van der Waals surface area contributed by atoms with Crippen molar-refractivity contribution in [3.63, 3.8) is 0 Å². The normalized spacial score (nSPS) is 14.8. The molecule has 4 nitrogen and oxygen atoms in total. The molecule has 0 aliphatic carbocycles. The van der Waals surface area contributed by atoms with Crippen LogP contribution in [0.15, 0.2) is 0 Å². The number of rotatable bonds is 9. The second-order valence-corrected chi connectivity index (χ2v) is 6.61. The van der Waals surface area contributed by atoms with Gasteiger partial charge in [-0.2, -0.15) is 0 Å². The number of hydrogen-bond acceptors (Lipinski definition) is 3. The summed E-state index contributed by atoms with van der Waals surface area (Å²) in [5, 5.41) is 2.92. The third-order valence-corrected chi connectivity index (χ3v) is 4.12. The van der Waals surface area contributed by atoms with E-state index in [1.165, 1.54) is 6.42 Å². The molecule has 1 aliphatic heterocycles. The molecule has 0 spiro atoms. The largest absolute Gasteiger partial charge is 0.356 e. The van der Waals surface area contributed by atoms with Crippen molar-refractivity contribution in [2.75, 3.05) is 13.1 Å². The Balaban J connectivity index is 2.02. The predicted octanol–water partition coefficient (Wildman–Crippen LogP) is 3.05. The highest BCUT2D eigenvalue weighted by molar-refractivity contribution is 7.80. The van der Waals surface area contributed by atoms with E-state index in [4.69, 9.17) is 12.2 Å². The van der Waals surface area contributed by atoms with Gasteiger partial charge < -0.3 is 10.2 Å². The Morgan fingerprint density at radius 3 is 2.62 bits per heavy atom. The Labute approximate surface area is 133 Å². The standard InChI is InChI=1S/C16H28N2O2S/c1-13(2)7-3-4-11-17-14(19)8-5-9-15(20)18-12-6-10-16(18)21/h13H,3-12H2,1-2H3,(H,17,19). The lowest BCUT2D eigenvalue weighted by Gasteiger charge is -2.15. The van der Waals surface area contributed by atoms with Crippen LogP contribution in [0.25, 0.3) is 0 Å². The number of thiocarbonyl (C=S) groups is 1. The van der Waals surface area contributed by atoms with E-state index in [1.54, 1.807) is 4.90 Å². The number of amides is 2. The van der Waals surface area contributed by atoms with Gasteiger partial charge in [0.1, 0.15) is 0 Å². The fraction of sp³-hybridized carbons (Fsp3) is 0.812. The molecular weight excluding hydrogens is 284 g/mol. The topological polar surface area (TPSA) is 49.4 Å². The van der Waals surface area contributed by atoms with Crippen LogP contribution in [0.2, 0.25) is 0 Å². The van der Waals surface area contributed by atoms with E-state index in [0.717, 1.165) is 49.7 Å². The van der Waals surface area contributed by atoms with Crippen molar-refractivity contribution >= 4 is 29.0 Å². The number of carbonyl (C=O) groups is 2. The second-order valence-electron chi connectivity index (χ2n) is 6.14. The molecule has 0 atom stereocenters. The molecular formula is C16H28N2O2S. The van der Waals surface area contributed by atoms with E-state index in [0.29, 0.717) is 19.3 Å². The number of nitrogens with zero attached hydrogens (tertiary/aromatic N) is 1. The van der Waals surface area contributed by atoms with E-state index >= 15 is 0 Å². The molecule has 0 saturated carbocycles. The molecule has 21 heavy (non-hydrogen) atoms. The van der Waals surface area contributed by atoms with Crippen molar-refractivity contribution in [1.82, 2.24) is 10.2 Å². The Kier molecular flexibility index (Phi) is 8.50. The number of unbranched alkanes of at least 4 members (excludes halogenated alkanes) is 1. The summed E-state index contributed by atoms with van der Waals surface area (Å²) in [7, 11) is 0. The molecule has 2 amide bonds. The minimum atomic E-state index is 0.0522. The highest BCUT2D eigenvalue weighted by Gasteiger charge is 2.22. The van der Waals surface area contributed by atoms with Gasteiger partial charge in [-0.05, 0) is 25.2 Å².